The van der Waals surface area contributed by atoms with Crippen LogP contribution in [0.5, 0.6) is 0 Å². The molecule has 0 amide bonds. The molecule has 0 bridgehead atoms. The minimum atomic E-state index is -0.542. The Balaban J connectivity index is 0.00000112. The van der Waals surface area contributed by atoms with Gasteiger partial charge in [-0.1, -0.05) is 6.07 Å². The van der Waals surface area contributed by atoms with Gasteiger partial charge in [-0.3, -0.25) is 4.98 Å². The van der Waals surface area contributed by atoms with Crippen molar-refractivity contribution in [2.75, 3.05) is 13.1 Å². The van der Waals surface area contributed by atoms with E-state index in [9.17, 15) is 5.11 Å². The average molecular weight is 229 g/mol. The fourth-order valence-corrected chi connectivity index (χ4v) is 1.91. The van der Waals surface area contributed by atoms with E-state index in [0.717, 1.165) is 31.6 Å². The number of hydrogen-bond donors (Lipinski definition) is 2. The predicted octanol–water partition coefficient (Wildman–Crippen LogP) is 1.16. The molecule has 1 fully saturated rings. The summed E-state index contributed by atoms with van der Waals surface area (Å²) in [6.45, 7) is 1.81. The maximum absolute atomic E-state index is 10.2. The Kier molecular flexibility index (Phi) is 4.51. The Hall–Kier alpha value is -0.640. The van der Waals surface area contributed by atoms with Crippen LogP contribution in [0, 0.1) is 0 Å². The monoisotopic (exact) mass is 228 g/mol. The largest absolute Gasteiger partial charge is 0.389 e. The molecule has 2 heterocycles. The maximum Gasteiger partial charge on any atom is 0.0727 e. The summed E-state index contributed by atoms with van der Waals surface area (Å²) in [4.78, 5) is 4.24. The minimum absolute atomic E-state index is 0. The zero-order valence-corrected chi connectivity index (χ0v) is 9.46. The van der Waals surface area contributed by atoms with E-state index in [1.807, 2.05) is 18.2 Å². The molecule has 2 N–H and O–H groups in total. The molecular formula is C11H17ClN2O. The van der Waals surface area contributed by atoms with Crippen molar-refractivity contribution in [3.63, 3.8) is 0 Å². The summed E-state index contributed by atoms with van der Waals surface area (Å²) in [5.41, 5.74) is 0.441. The SMILES string of the molecule is Cl.OC1(Cc2ccccn2)CCNCC1. The van der Waals surface area contributed by atoms with Crippen molar-refractivity contribution in [1.82, 2.24) is 10.3 Å². The highest BCUT2D eigenvalue weighted by Gasteiger charge is 2.29. The Morgan fingerprint density at radius 2 is 2.07 bits per heavy atom. The summed E-state index contributed by atoms with van der Waals surface area (Å²) in [6.07, 6.45) is 4.10. The summed E-state index contributed by atoms with van der Waals surface area (Å²) >= 11 is 0. The molecule has 1 saturated heterocycles. The topological polar surface area (TPSA) is 45.2 Å². The zero-order valence-electron chi connectivity index (χ0n) is 8.65. The highest BCUT2D eigenvalue weighted by molar-refractivity contribution is 5.85. The lowest BCUT2D eigenvalue weighted by Gasteiger charge is -2.32. The second kappa shape index (κ2) is 5.45. The summed E-state index contributed by atoms with van der Waals surface area (Å²) in [7, 11) is 0. The van der Waals surface area contributed by atoms with Crippen LogP contribution in [0.2, 0.25) is 0 Å². The standard InChI is InChI=1S/C11H16N2O.ClH/c14-11(4-7-12-8-5-11)9-10-3-1-2-6-13-10;/h1-3,6,12,14H,4-5,7-9H2;1H. The van der Waals surface area contributed by atoms with Gasteiger partial charge in [-0.25, -0.2) is 0 Å². The van der Waals surface area contributed by atoms with Crippen LogP contribution in [0.15, 0.2) is 24.4 Å². The fraction of sp³-hybridized carbons (Fsp3) is 0.545. The van der Waals surface area contributed by atoms with Crippen molar-refractivity contribution in [3.05, 3.63) is 30.1 Å². The second-order valence-corrected chi connectivity index (χ2v) is 3.97. The zero-order chi connectivity index (χ0) is 9.86. The summed E-state index contributed by atoms with van der Waals surface area (Å²) in [5.74, 6) is 0. The quantitative estimate of drug-likeness (QED) is 0.799. The molecule has 4 heteroatoms. The van der Waals surface area contributed by atoms with Crippen LogP contribution in [-0.2, 0) is 6.42 Å². The number of rotatable bonds is 2. The van der Waals surface area contributed by atoms with Crippen molar-refractivity contribution in [3.8, 4) is 0 Å². The van der Waals surface area contributed by atoms with E-state index in [2.05, 4.69) is 10.3 Å². The number of pyridine rings is 1. The summed E-state index contributed by atoms with van der Waals surface area (Å²) in [5, 5.41) is 13.5. The second-order valence-electron chi connectivity index (χ2n) is 3.97. The first-order chi connectivity index (χ1) is 6.79. The lowest BCUT2D eigenvalue weighted by Crippen LogP contribution is -2.43. The minimum Gasteiger partial charge on any atom is -0.389 e. The van der Waals surface area contributed by atoms with Crippen molar-refractivity contribution < 1.29 is 5.11 Å². The fourth-order valence-electron chi connectivity index (χ4n) is 1.91. The molecule has 1 aromatic rings. The molecule has 0 aliphatic carbocycles. The van der Waals surface area contributed by atoms with Crippen LogP contribution in [0.1, 0.15) is 18.5 Å². The molecule has 0 spiro atoms. The maximum atomic E-state index is 10.2. The van der Waals surface area contributed by atoms with Gasteiger partial charge in [0.15, 0.2) is 0 Å². The Labute approximate surface area is 96.3 Å². The highest BCUT2D eigenvalue weighted by atomic mass is 35.5. The molecule has 1 aromatic heterocycles. The smallest absolute Gasteiger partial charge is 0.0727 e. The molecule has 0 saturated carbocycles. The van der Waals surface area contributed by atoms with Crippen molar-refractivity contribution in [2.24, 2.45) is 0 Å². The van der Waals surface area contributed by atoms with Crippen LogP contribution in [0.3, 0.4) is 0 Å². The van der Waals surface area contributed by atoms with Crippen LogP contribution >= 0.6 is 12.4 Å². The molecule has 1 aliphatic heterocycles. The van der Waals surface area contributed by atoms with E-state index in [0.29, 0.717) is 6.42 Å². The van der Waals surface area contributed by atoms with Gasteiger partial charge in [0.2, 0.25) is 0 Å². The number of halogens is 1. The van der Waals surface area contributed by atoms with E-state index in [1.165, 1.54) is 0 Å². The van der Waals surface area contributed by atoms with Gasteiger partial charge >= 0.3 is 0 Å². The van der Waals surface area contributed by atoms with Gasteiger partial charge in [-0.15, -0.1) is 12.4 Å². The van der Waals surface area contributed by atoms with Gasteiger partial charge in [0.25, 0.3) is 0 Å². The van der Waals surface area contributed by atoms with Crippen molar-refractivity contribution >= 4 is 12.4 Å². The van der Waals surface area contributed by atoms with Crippen molar-refractivity contribution in [2.45, 2.75) is 24.9 Å². The lowest BCUT2D eigenvalue weighted by molar-refractivity contribution is 0.0100. The van der Waals surface area contributed by atoms with E-state index in [1.54, 1.807) is 6.20 Å². The molecule has 2 rings (SSSR count). The average Bonchev–Trinajstić information content (AvgIpc) is 2.19. The molecule has 0 atom stereocenters. The van der Waals surface area contributed by atoms with Crippen LogP contribution in [0.25, 0.3) is 0 Å². The molecule has 0 unspecified atom stereocenters. The number of aromatic nitrogens is 1. The van der Waals surface area contributed by atoms with Gasteiger partial charge < -0.3 is 10.4 Å². The van der Waals surface area contributed by atoms with Crippen LogP contribution in [0.4, 0.5) is 0 Å². The van der Waals surface area contributed by atoms with E-state index in [-0.39, 0.29) is 12.4 Å². The lowest BCUT2D eigenvalue weighted by atomic mass is 9.88. The van der Waals surface area contributed by atoms with Gasteiger partial charge in [0, 0.05) is 18.3 Å². The molecule has 84 valence electrons. The van der Waals surface area contributed by atoms with Crippen LogP contribution < -0.4 is 5.32 Å². The number of piperidine rings is 1. The van der Waals surface area contributed by atoms with Gasteiger partial charge in [-0.05, 0) is 38.1 Å². The Bertz CT molecular complexity index is 286. The molecular weight excluding hydrogens is 212 g/mol. The normalized spacial score (nSPS) is 19.3. The summed E-state index contributed by atoms with van der Waals surface area (Å²) in [6, 6.07) is 5.84. The molecule has 1 aliphatic rings. The summed E-state index contributed by atoms with van der Waals surface area (Å²) < 4.78 is 0. The molecule has 0 radical (unpaired) electrons. The number of nitrogens with zero attached hydrogens (tertiary/aromatic N) is 1. The number of hydrogen-bond acceptors (Lipinski definition) is 3. The first kappa shape index (κ1) is 12.4. The third-order valence-corrected chi connectivity index (χ3v) is 2.77. The first-order valence-electron chi connectivity index (χ1n) is 5.12. The van der Waals surface area contributed by atoms with Gasteiger partial charge in [0.05, 0.1) is 5.60 Å². The Morgan fingerprint density at radius 3 is 2.67 bits per heavy atom. The van der Waals surface area contributed by atoms with E-state index < -0.39 is 5.60 Å². The van der Waals surface area contributed by atoms with Gasteiger partial charge in [-0.2, -0.15) is 0 Å². The van der Waals surface area contributed by atoms with E-state index >= 15 is 0 Å². The first-order valence-corrected chi connectivity index (χ1v) is 5.12. The van der Waals surface area contributed by atoms with E-state index in [4.69, 9.17) is 0 Å². The molecule has 15 heavy (non-hydrogen) atoms. The van der Waals surface area contributed by atoms with Gasteiger partial charge in [0.1, 0.15) is 0 Å². The number of nitrogens with one attached hydrogen (secondary N) is 1. The third kappa shape index (κ3) is 3.45. The predicted molar refractivity (Wildman–Crippen MR) is 62.2 cm³/mol. The number of aliphatic hydroxyl groups is 1. The molecule has 3 nitrogen and oxygen atoms in total. The Morgan fingerprint density at radius 1 is 1.33 bits per heavy atom. The third-order valence-electron chi connectivity index (χ3n) is 2.77. The molecule has 0 aromatic carbocycles. The van der Waals surface area contributed by atoms with Crippen LogP contribution in [-0.4, -0.2) is 28.8 Å². The highest BCUT2D eigenvalue weighted by Crippen LogP contribution is 2.21. The van der Waals surface area contributed by atoms with Crippen molar-refractivity contribution in [1.29, 1.82) is 0 Å².